The first kappa shape index (κ1) is 9.16. The van der Waals surface area contributed by atoms with Crippen LogP contribution in [0.25, 0.3) is 0 Å². The highest BCUT2D eigenvalue weighted by Crippen LogP contribution is 2.24. The van der Waals surface area contributed by atoms with Crippen molar-refractivity contribution in [2.45, 2.75) is 19.7 Å². The molecule has 1 unspecified atom stereocenters. The van der Waals surface area contributed by atoms with Crippen LogP contribution >= 0.6 is 0 Å². The minimum atomic E-state index is -4.57. The van der Waals surface area contributed by atoms with E-state index in [2.05, 4.69) is 4.74 Å². The van der Waals surface area contributed by atoms with E-state index in [0.717, 1.165) is 0 Å². The first-order chi connectivity index (χ1) is 5.47. The van der Waals surface area contributed by atoms with Gasteiger partial charge in [-0.3, -0.25) is 0 Å². The number of ether oxygens (including phenoxy) is 1. The van der Waals surface area contributed by atoms with Crippen molar-refractivity contribution < 1.29 is 17.9 Å². The van der Waals surface area contributed by atoms with Gasteiger partial charge in [0, 0.05) is 0 Å². The standard InChI is InChI=1S/C8H9F3O/c1-6-2-4-7(5-3-6)12-8(9,10)11/h2,4-6H,3H2,1H3. The summed E-state index contributed by atoms with van der Waals surface area (Å²) < 4.78 is 38.6. The van der Waals surface area contributed by atoms with Gasteiger partial charge in [0.05, 0.1) is 0 Å². The SMILES string of the molecule is CC1C=CC(OC(F)(F)F)=CC1. The second kappa shape index (κ2) is 3.21. The average molecular weight is 178 g/mol. The van der Waals surface area contributed by atoms with Gasteiger partial charge in [0.2, 0.25) is 0 Å². The molecule has 0 fully saturated rings. The number of allylic oxidation sites excluding steroid dienone is 3. The minimum Gasteiger partial charge on any atom is -0.406 e. The molecule has 4 heteroatoms. The van der Waals surface area contributed by atoms with Crippen LogP contribution in [-0.2, 0) is 4.74 Å². The van der Waals surface area contributed by atoms with Gasteiger partial charge in [0.1, 0.15) is 5.76 Å². The summed E-state index contributed by atoms with van der Waals surface area (Å²) in [4.78, 5) is 0. The summed E-state index contributed by atoms with van der Waals surface area (Å²) in [6.45, 7) is 1.93. The van der Waals surface area contributed by atoms with E-state index in [1.165, 1.54) is 12.2 Å². The Bertz CT molecular complexity index is 215. The topological polar surface area (TPSA) is 9.23 Å². The average Bonchev–Trinajstić information content (AvgIpc) is 1.91. The van der Waals surface area contributed by atoms with Crippen molar-refractivity contribution in [3.05, 3.63) is 24.0 Å². The summed E-state index contributed by atoms with van der Waals surface area (Å²) in [5, 5.41) is 0. The fraction of sp³-hybridized carbons (Fsp3) is 0.500. The molecular formula is C8H9F3O. The summed E-state index contributed by atoms with van der Waals surface area (Å²) >= 11 is 0. The Morgan fingerprint density at radius 1 is 1.50 bits per heavy atom. The molecule has 0 saturated carbocycles. The van der Waals surface area contributed by atoms with E-state index in [-0.39, 0.29) is 5.76 Å². The molecule has 1 aliphatic rings. The summed E-state index contributed by atoms with van der Waals surface area (Å²) in [5.41, 5.74) is 0. The van der Waals surface area contributed by atoms with Crippen LogP contribution < -0.4 is 0 Å². The smallest absolute Gasteiger partial charge is 0.406 e. The summed E-state index contributed by atoms with van der Waals surface area (Å²) in [6, 6.07) is 0. The van der Waals surface area contributed by atoms with E-state index in [9.17, 15) is 13.2 Å². The Kier molecular flexibility index (Phi) is 2.45. The molecule has 0 spiro atoms. The monoisotopic (exact) mass is 178 g/mol. The van der Waals surface area contributed by atoms with Crippen molar-refractivity contribution in [1.82, 2.24) is 0 Å². The normalized spacial score (nSPS) is 23.7. The molecular weight excluding hydrogens is 169 g/mol. The lowest BCUT2D eigenvalue weighted by Gasteiger charge is -2.14. The highest BCUT2D eigenvalue weighted by atomic mass is 19.4. The van der Waals surface area contributed by atoms with Crippen LogP contribution in [0.2, 0.25) is 0 Å². The Labute approximate surface area is 68.5 Å². The molecule has 0 N–H and O–H groups in total. The molecule has 1 atom stereocenters. The zero-order valence-electron chi connectivity index (χ0n) is 6.56. The van der Waals surface area contributed by atoms with Gasteiger partial charge >= 0.3 is 6.36 Å². The van der Waals surface area contributed by atoms with E-state index in [1.54, 1.807) is 6.08 Å². The molecule has 0 aromatic rings. The molecule has 0 aromatic heterocycles. The van der Waals surface area contributed by atoms with Crippen molar-refractivity contribution in [1.29, 1.82) is 0 Å². The van der Waals surface area contributed by atoms with Crippen LogP contribution in [0.4, 0.5) is 13.2 Å². The lowest BCUT2D eigenvalue weighted by Crippen LogP contribution is -2.13. The van der Waals surface area contributed by atoms with Crippen molar-refractivity contribution in [2.24, 2.45) is 5.92 Å². The zero-order valence-corrected chi connectivity index (χ0v) is 6.56. The van der Waals surface area contributed by atoms with Crippen LogP contribution in [0.1, 0.15) is 13.3 Å². The van der Waals surface area contributed by atoms with Gasteiger partial charge in [-0.2, -0.15) is 0 Å². The lowest BCUT2D eigenvalue weighted by atomic mass is 10.0. The molecule has 0 amide bonds. The molecule has 12 heavy (non-hydrogen) atoms. The second-order valence-electron chi connectivity index (χ2n) is 2.73. The molecule has 68 valence electrons. The van der Waals surface area contributed by atoms with Crippen molar-refractivity contribution in [3.63, 3.8) is 0 Å². The van der Waals surface area contributed by atoms with Gasteiger partial charge in [-0.25, -0.2) is 0 Å². The Hall–Kier alpha value is -0.930. The Morgan fingerprint density at radius 2 is 2.17 bits per heavy atom. The molecule has 0 aromatic carbocycles. The second-order valence-corrected chi connectivity index (χ2v) is 2.73. The van der Waals surface area contributed by atoms with Gasteiger partial charge < -0.3 is 4.74 Å². The quantitative estimate of drug-likeness (QED) is 0.599. The molecule has 0 saturated heterocycles. The largest absolute Gasteiger partial charge is 0.573 e. The van der Waals surface area contributed by atoms with Crippen LogP contribution in [-0.4, -0.2) is 6.36 Å². The third-order valence-electron chi connectivity index (χ3n) is 1.51. The van der Waals surface area contributed by atoms with E-state index < -0.39 is 6.36 Å². The number of hydrogen-bond donors (Lipinski definition) is 0. The first-order valence-electron chi connectivity index (χ1n) is 3.61. The highest BCUT2D eigenvalue weighted by molar-refractivity contribution is 5.17. The maximum absolute atomic E-state index is 11.6. The lowest BCUT2D eigenvalue weighted by molar-refractivity contribution is -0.303. The van der Waals surface area contributed by atoms with Crippen LogP contribution in [0.5, 0.6) is 0 Å². The van der Waals surface area contributed by atoms with E-state index in [0.29, 0.717) is 12.3 Å². The fourth-order valence-corrected chi connectivity index (χ4v) is 0.917. The van der Waals surface area contributed by atoms with Crippen LogP contribution in [0.3, 0.4) is 0 Å². The number of halogens is 3. The molecule has 1 nitrogen and oxygen atoms in total. The Balaban J connectivity index is 2.51. The van der Waals surface area contributed by atoms with Crippen molar-refractivity contribution >= 4 is 0 Å². The number of hydrogen-bond acceptors (Lipinski definition) is 1. The summed E-state index contributed by atoms with van der Waals surface area (Å²) in [5.74, 6) is 0.186. The molecule has 0 aliphatic heterocycles. The molecule has 1 rings (SSSR count). The van der Waals surface area contributed by atoms with Crippen LogP contribution in [0.15, 0.2) is 24.0 Å². The van der Waals surface area contributed by atoms with Gasteiger partial charge in [0.15, 0.2) is 0 Å². The Morgan fingerprint density at radius 3 is 2.58 bits per heavy atom. The van der Waals surface area contributed by atoms with E-state index >= 15 is 0 Å². The third-order valence-corrected chi connectivity index (χ3v) is 1.51. The number of rotatable bonds is 1. The summed E-state index contributed by atoms with van der Waals surface area (Å²) in [6.07, 6.45) is 0.513. The van der Waals surface area contributed by atoms with Gasteiger partial charge in [-0.05, 0) is 24.5 Å². The molecule has 0 heterocycles. The molecule has 1 aliphatic carbocycles. The van der Waals surface area contributed by atoms with Gasteiger partial charge in [-0.1, -0.05) is 13.0 Å². The van der Waals surface area contributed by atoms with Gasteiger partial charge in [0.25, 0.3) is 0 Å². The third kappa shape index (κ3) is 2.98. The summed E-state index contributed by atoms with van der Waals surface area (Å²) in [7, 11) is 0. The maximum Gasteiger partial charge on any atom is 0.573 e. The number of alkyl halides is 3. The predicted molar refractivity (Wildman–Crippen MR) is 38.1 cm³/mol. The van der Waals surface area contributed by atoms with Gasteiger partial charge in [-0.15, -0.1) is 13.2 Å². The highest BCUT2D eigenvalue weighted by Gasteiger charge is 2.31. The fourth-order valence-electron chi connectivity index (χ4n) is 0.917. The van der Waals surface area contributed by atoms with E-state index in [1.807, 2.05) is 6.92 Å². The van der Waals surface area contributed by atoms with Crippen molar-refractivity contribution in [3.8, 4) is 0 Å². The van der Waals surface area contributed by atoms with E-state index in [4.69, 9.17) is 0 Å². The van der Waals surface area contributed by atoms with Crippen LogP contribution in [0, 0.1) is 5.92 Å². The molecule has 0 bridgehead atoms. The maximum atomic E-state index is 11.6. The first-order valence-corrected chi connectivity index (χ1v) is 3.61. The molecule has 0 radical (unpaired) electrons. The predicted octanol–water partition coefficient (Wildman–Crippen LogP) is 3.00. The zero-order chi connectivity index (χ0) is 9.19. The minimum absolute atomic E-state index is 0.111. The van der Waals surface area contributed by atoms with Crippen molar-refractivity contribution in [2.75, 3.05) is 0 Å².